The van der Waals surface area contributed by atoms with Crippen LogP contribution >= 0.6 is 15.9 Å². The largest absolute Gasteiger partial charge is 0.318 e. The van der Waals surface area contributed by atoms with Crippen LogP contribution in [-0.2, 0) is 0 Å². The van der Waals surface area contributed by atoms with Gasteiger partial charge in [0.2, 0.25) is 5.95 Å². The molecule has 3 heterocycles. The monoisotopic (exact) mass is 470 g/mol. The average molecular weight is 471 g/mol. The number of aromatic nitrogens is 6. The highest BCUT2D eigenvalue weighted by Gasteiger charge is 2.17. The molecule has 3 aromatic heterocycles. The Morgan fingerprint density at radius 2 is 1.90 bits per heavy atom. The molecule has 0 bridgehead atoms. The Morgan fingerprint density at radius 3 is 2.71 bits per heavy atom. The van der Waals surface area contributed by atoms with Gasteiger partial charge in [0, 0.05) is 27.8 Å². The van der Waals surface area contributed by atoms with Gasteiger partial charge in [-0.2, -0.15) is 9.78 Å². The Hall–Kier alpha value is -4.23. The van der Waals surface area contributed by atoms with E-state index in [9.17, 15) is 4.79 Å². The van der Waals surface area contributed by atoms with Gasteiger partial charge in [0.25, 0.3) is 5.56 Å². The molecule has 5 rings (SSSR count). The highest BCUT2D eigenvalue weighted by molar-refractivity contribution is 9.10. The van der Waals surface area contributed by atoms with Crippen LogP contribution in [0.1, 0.15) is 5.56 Å². The quantitative estimate of drug-likeness (QED) is 0.425. The Kier molecular flexibility index (Phi) is 4.57. The van der Waals surface area contributed by atoms with Gasteiger partial charge < -0.3 is 5.32 Å². The first-order valence-corrected chi connectivity index (χ1v) is 9.86. The predicted molar refractivity (Wildman–Crippen MR) is 118 cm³/mol. The van der Waals surface area contributed by atoms with E-state index < -0.39 is 5.56 Å². The van der Waals surface area contributed by atoms with E-state index in [1.54, 1.807) is 24.3 Å². The van der Waals surface area contributed by atoms with Crippen molar-refractivity contribution in [3.05, 3.63) is 81.4 Å². The number of hydrogen-bond donors (Lipinski definition) is 1. The van der Waals surface area contributed by atoms with E-state index in [0.29, 0.717) is 22.6 Å². The fraction of sp³-hybridized carbons (Fsp3) is 0. The summed E-state index contributed by atoms with van der Waals surface area (Å²) >= 11 is 3.53. The summed E-state index contributed by atoms with van der Waals surface area (Å²) in [5, 5.41) is 17.4. The van der Waals surface area contributed by atoms with E-state index in [2.05, 4.69) is 47.4 Å². The van der Waals surface area contributed by atoms with Gasteiger partial charge in [0.05, 0.1) is 23.3 Å². The van der Waals surface area contributed by atoms with Crippen LogP contribution in [0.15, 0.2) is 70.3 Å². The third-order valence-corrected chi connectivity index (χ3v) is 5.19. The minimum atomic E-state index is -0.480. The smallest absolute Gasteiger partial charge is 0.295 e. The fourth-order valence-corrected chi connectivity index (χ4v) is 3.54. The van der Waals surface area contributed by atoms with Crippen LogP contribution in [0.25, 0.3) is 27.9 Å². The number of anilines is 2. The van der Waals surface area contributed by atoms with Gasteiger partial charge >= 0.3 is 0 Å². The number of rotatable bonds is 3. The summed E-state index contributed by atoms with van der Waals surface area (Å²) < 4.78 is 2.31. The number of nitriles is 1. The molecule has 0 spiro atoms. The summed E-state index contributed by atoms with van der Waals surface area (Å²) in [4.78, 5) is 29.4. The second-order valence-electron chi connectivity index (χ2n) is 6.48. The van der Waals surface area contributed by atoms with Gasteiger partial charge in [-0.05, 0) is 52.3 Å². The molecule has 0 aliphatic carbocycles. The number of benzene rings is 2. The second-order valence-corrected chi connectivity index (χ2v) is 7.33. The van der Waals surface area contributed by atoms with Crippen LogP contribution in [0, 0.1) is 11.3 Å². The first-order chi connectivity index (χ1) is 15.1. The molecule has 5 aromatic rings. The number of nitrogens with one attached hydrogen (secondary N) is 1. The zero-order valence-electron chi connectivity index (χ0n) is 15.7. The number of halogens is 1. The summed E-state index contributed by atoms with van der Waals surface area (Å²) in [6.45, 7) is 0. The van der Waals surface area contributed by atoms with Crippen molar-refractivity contribution in [2.45, 2.75) is 0 Å². The van der Waals surface area contributed by atoms with Crippen LogP contribution in [0.3, 0.4) is 0 Å². The van der Waals surface area contributed by atoms with Crippen molar-refractivity contribution in [1.82, 2.24) is 29.5 Å². The molecular weight excluding hydrogens is 460 g/mol. The van der Waals surface area contributed by atoms with Crippen LogP contribution in [-0.4, -0.2) is 29.5 Å². The molecule has 2 aromatic carbocycles. The molecule has 148 valence electrons. The van der Waals surface area contributed by atoms with Gasteiger partial charge in [-0.25, -0.2) is 15.0 Å². The van der Waals surface area contributed by atoms with Crippen molar-refractivity contribution in [2.24, 2.45) is 0 Å². The predicted octanol–water partition coefficient (Wildman–Crippen LogP) is 3.47. The van der Waals surface area contributed by atoms with E-state index in [1.165, 1.54) is 23.1 Å². The molecule has 1 N–H and O–H groups in total. The summed E-state index contributed by atoms with van der Waals surface area (Å²) in [5.41, 5.74) is 2.18. The molecule has 0 fully saturated rings. The van der Waals surface area contributed by atoms with E-state index in [0.717, 1.165) is 15.4 Å². The normalized spacial score (nSPS) is 10.8. The van der Waals surface area contributed by atoms with Gasteiger partial charge in [0.1, 0.15) is 5.69 Å². The standard InChI is InChI=1S/C21H11BrN8O/c22-15-3-1-2-14-17(15)27-21(26-16-11-24-8-9-25-20(16)31)30-19(14)28-18(29-30)13-6-4-12(10-23)5-7-13/h1-9,11H,(H,25,26,27,31). The maximum Gasteiger partial charge on any atom is 0.295 e. The minimum absolute atomic E-state index is 0.153. The summed E-state index contributed by atoms with van der Waals surface area (Å²) in [6.07, 6.45) is 4.13. The third-order valence-electron chi connectivity index (χ3n) is 4.55. The Bertz CT molecular complexity index is 1560. The third kappa shape index (κ3) is 3.37. The van der Waals surface area contributed by atoms with Crippen molar-refractivity contribution >= 4 is 44.1 Å². The Balaban J connectivity index is 1.76. The minimum Gasteiger partial charge on any atom is -0.318 e. The van der Waals surface area contributed by atoms with E-state index >= 15 is 0 Å². The Morgan fingerprint density at radius 1 is 1.06 bits per heavy atom. The van der Waals surface area contributed by atoms with Crippen molar-refractivity contribution in [2.75, 3.05) is 5.32 Å². The lowest BCUT2D eigenvalue weighted by Gasteiger charge is -2.08. The second kappa shape index (κ2) is 7.55. The molecule has 0 amide bonds. The molecule has 0 saturated carbocycles. The summed E-state index contributed by atoms with van der Waals surface area (Å²) in [7, 11) is 0. The van der Waals surface area contributed by atoms with Crippen LogP contribution in [0.4, 0.5) is 11.6 Å². The van der Waals surface area contributed by atoms with Gasteiger partial charge in [-0.3, -0.25) is 9.78 Å². The highest BCUT2D eigenvalue weighted by Crippen LogP contribution is 2.29. The molecule has 0 aliphatic heterocycles. The molecule has 9 nitrogen and oxygen atoms in total. The molecule has 0 saturated heterocycles. The van der Waals surface area contributed by atoms with Crippen molar-refractivity contribution < 1.29 is 0 Å². The molecule has 0 unspecified atom stereocenters. The number of fused-ring (bicyclic) bond motifs is 3. The summed E-state index contributed by atoms with van der Waals surface area (Å²) in [6, 6.07) is 14.7. The van der Waals surface area contributed by atoms with E-state index in [1.807, 2.05) is 18.2 Å². The van der Waals surface area contributed by atoms with E-state index in [4.69, 9.17) is 10.2 Å². The molecule has 0 radical (unpaired) electrons. The van der Waals surface area contributed by atoms with Gasteiger partial charge in [0.15, 0.2) is 11.5 Å². The van der Waals surface area contributed by atoms with Gasteiger partial charge in [-0.15, -0.1) is 5.10 Å². The first-order valence-electron chi connectivity index (χ1n) is 9.07. The zero-order chi connectivity index (χ0) is 21.4. The number of para-hydroxylation sites is 1. The van der Waals surface area contributed by atoms with Gasteiger partial charge in [-0.1, -0.05) is 6.07 Å². The number of nitrogens with zero attached hydrogens (tertiary/aromatic N) is 7. The average Bonchev–Trinajstić information content (AvgIpc) is 3.15. The van der Waals surface area contributed by atoms with Crippen LogP contribution < -0.4 is 10.9 Å². The maximum atomic E-state index is 12.3. The highest BCUT2D eigenvalue weighted by atomic mass is 79.9. The fourth-order valence-electron chi connectivity index (χ4n) is 3.08. The molecule has 0 atom stereocenters. The zero-order valence-corrected chi connectivity index (χ0v) is 17.3. The van der Waals surface area contributed by atoms with Crippen LogP contribution in [0.2, 0.25) is 0 Å². The maximum absolute atomic E-state index is 12.3. The molecule has 31 heavy (non-hydrogen) atoms. The van der Waals surface area contributed by atoms with Crippen molar-refractivity contribution in [3.8, 4) is 17.5 Å². The molecular formula is C21H11BrN8O. The topological polar surface area (TPSA) is 122 Å². The molecule has 0 aliphatic rings. The number of hydrogen-bond acceptors (Lipinski definition) is 8. The van der Waals surface area contributed by atoms with Crippen molar-refractivity contribution in [3.63, 3.8) is 0 Å². The Labute approximate surface area is 183 Å². The lowest BCUT2D eigenvalue weighted by atomic mass is 10.1. The SMILES string of the molecule is N#Cc1ccc(-c2nc3c4cccc(Br)c4nc(Nc4cnccnc4=O)n3n2)cc1. The first kappa shape index (κ1) is 18.8. The van der Waals surface area contributed by atoms with Crippen molar-refractivity contribution in [1.29, 1.82) is 5.26 Å². The lowest BCUT2D eigenvalue weighted by molar-refractivity contribution is 0.947. The van der Waals surface area contributed by atoms with E-state index in [-0.39, 0.29) is 11.6 Å². The lowest BCUT2D eigenvalue weighted by Crippen LogP contribution is -2.12. The summed E-state index contributed by atoms with van der Waals surface area (Å²) in [5.74, 6) is 0.743. The van der Waals surface area contributed by atoms with Crippen LogP contribution in [0.5, 0.6) is 0 Å². The molecule has 10 heteroatoms.